The number of nitrogens with zero attached hydrogens (tertiary/aromatic N) is 2. The summed E-state index contributed by atoms with van der Waals surface area (Å²) in [5, 5.41) is 5.26. The van der Waals surface area contributed by atoms with Crippen molar-refractivity contribution >= 4 is 45.1 Å². The summed E-state index contributed by atoms with van der Waals surface area (Å²) in [6, 6.07) is 20.0. The highest BCUT2D eigenvalue weighted by molar-refractivity contribution is 5.94. The topological polar surface area (TPSA) is 70.9 Å². The lowest BCUT2D eigenvalue weighted by atomic mass is 9.88. The van der Waals surface area contributed by atoms with Crippen molar-refractivity contribution in [2.75, 3.05) is 6.54 Å². The molecule has 5 nitrogen and oxygen atoms in total. The molecule has 0 bridgehead atoms. The van der Waals surface area contributed by atoms with Crippen molar-refractivity contribution < 1.29 is 9.59 Å². The Morgan fingerprint density at radius 3 is 2.41 bits per heavy atom. The van der Waals surface area contributed by atoms with Gasteiger partial charge in [-0.1, -0.05) is 83.5 Å². The van der Waals surface area contributed by atoms with Gasteiger partial charge in [-0.15, -0.1) is 0 Å². The van der Waals surface area contributed by atoms with E-state index in [1.165, 1.54) is 44.3 Å². The number of aliphatic imine (C=N–C) groups is 2. The van der Waals surface area contributed by atoms with Gasteiger partial charge in [-0.3, -0.25) is 19.6 Å². The average molecular weight is 620 g/mol. The minimum Gasteiger partial charge on any atom is -0.349 e. The number of aryl methyl sites for hydroxylation is 1. The first-order chi connectivity index (χ1) is 22.1. The van der Waals surface area contributed by atoms with E-state index in [4.69, 9.17) is 9.98 Å². The lowest BCUT2D eigenvalue weighted by Gasteiger charge is -2.16. The molecule has 3 aromatic carbocycles. The molecule has 244 valence electrons. The number of hydrogen-bond donors (Lipinski definition) is 1. The molecular weight excluding hydrogens is 566 g/mol. The van der Waals surface area contributed by atoms with Gasteiger partial charge in [-0.25, -0.2) is 0 Å². The Morgan fingerprint density at radius 2 is 1.70 bits per heavy atom. The monoisotopic (exact) mass is 619 g/mol. The van der Waals surface area contributed by atoms with Gasteiger partial charge in [0, 0.05) is 30.0 Å². The van der Waals surface area contributed by atoms with Crippen LogP contribution in [0.25, 0.3) is 27.5 Å². The van der Waals surface area contributed by atoms with Crippen LogP contribution in [0.4, 0.5) is 5.69 Å². The van der Waals surface area contributed by atoms with Gasteiger partial charge in [0.1, 0.15) is 0 Å². The van der Waals surface area contributed by atoms with Crippen LogP contribution in [-0.4, -0.2) is 29.7 Å². The Balaban J connectivity index is 1.36. The molecule has 3 unspecified atom stereocenters. The first-order valence-corrected chi connectivity index (χ1v) is 17.4. The van der Waals surface area contributed by atoms with Crippen molar-refractivity contribution in [2.24, 2.45) is 27.7 Å². The maximum Gasteiger partial charge on any atom is 0.223 e. The van der Waals surface area contributed by atoms with Crippen LogP contribution in [0.5, 0.6) is 0 Å². The Labute approximate surface area is 276 Å². The number of benzene rings is 3. The van der Waals surface area contributed by atoms with E-state index in [0.717, 1.165) is 56.3 Å². The summed E-state index contributed by atoms with van der Waals surface area (Å²) in [6.07, 6.45) is 9.31. The number of amides is 1. The number of ketones is 1. The van der Waals surface area contributed by atoms with Crippen LogP contribution in [0.1, 0.15) is 104 Å². The Hall–Kier alpha value is -3.86. The van der Waals surface area contributed by atoms with Crippen LogP contribution in [-0.2, 0) is 9.59 Å². The SMILES string of the molecule is CCC(C)=Nc1ccc2cc(-c3ccc(C4=CN=C(C(C)CCCCC(=O)CNC(=O)C(C)CC)CCC4C)cc3)ccc2c1C. The third-order valence-electron chi connectivity index (χ3n) is 9.80. The largest absolute Gasteiger partial charge is 0.349 e. The zero-order valence-corrected chi connectivity index (χ0v) is 29.1. The highest BCUT2D eigenvalue weighted by atomic mass is 16.2. The Kier molecular flexibility index (Phi) is 12.7. The molecule has 1 heterocycles. The Bertz CT molecular complexity index is 1610. The molecule has 0 saturated heterocycles. The summed E-state index contributed by atoms with van der Waals surface area (Å²) in [7, 11) is 0. The van der Waals surface area contributed by atoms with Gasteiger partial charge in [0.05, 0.1) is 12.2 Å². The minimum atomic E-state index is -0.0458. The first kappa shape index (κ1) is 35.0. The molecule has 4 rings (SSSR count). The number of rotatable bonds is 14. The molecule has 3 atom stereocenters. The third kappa shape index (κ3) is 9.11. The zero-order chi connectivity index (χ0) is 33.2. The van der Waals surface area contributed by atoms with Crippen LogP contribution >= 0.6 is 0 Å². The van der Waals surface area contributed by atoms with E-state index in [9.17, 15) is 9.59 Å². The summed E-state index contributed by atoms with van der Waals surface area (Å²) in [5.41, 5.74) is 9.65. The fourth-order valence-corrected chi connectivity index (χ4v) is 6.08. The second-order valence-electron chi connectivity index (χ2n) is 13.3. The van der Waals surface area contributed by atoms with Gasteiger partial charge in [-0.2, -0.15) is 0 Å². The normalized spacial score (nSPS) is 16.8. The van der Waals surface area contributed by atoms with Crippen LogP contribution in [0.3, 0.4) is 0 Å². The van der Waals surface area contributed by atoms with E-state index in [1.54, 1.807) is 0 Å². The van der Waals surface area contributed by atoms with Crippen LogP contribution in [0, 0.1) is 24.7 Å². The fraction of sp³-hybridized carbons (Fsp3) is 0.463. The quantitative estimate of drug-likeness (QED) is 0.144. The van der Waals surface area contributed by atoms with Crippen molar-refractivity contribution in [1.82, 2.24) is 5.32 Å². The van der Waals surface area contributed by atoms with Gasteiger partial charge in [0.2, 0.25) is 5.91 Å². The molecule has 1 amide bonds. The van der Waals surface area contributed by atoms with Crippen molar-refractivity contribution in [3.05, 3.63) is 71.9 Å². The zero-order valence-electron chi connectivity index (χ0n) is 29.1. The number of Topliss-reactive ketones (excluding diaryl/α,β-unsaturated/α-hetero) is 1. The summed E-state index contributed by atoms with van der Waals surface area (Å²) < 4.78 is 0. The number of unbranched alkanes of at least 4 members (excludes halogenated alkanes) is 1. The summed E-state index contributed by atoms with van der Waals surface area (Å²) in [4.78, 5) is 33.9. The highest BCUT2D eigenvalue weighted by Gasteiger charge is 2.19. The molecule has 1 N–H and O–H groups in total. The average Bonchev–Trinajstić information content (AvgIpc) is 3.27. The predicted octanol–water partition coefficient (Wildman–Crippen LogP) is 10.5. The van der Waals surface area contributed by atoms with Crippen molar-refractivity contribution in [3.63, 3.8) is 0 Å². The number of allylic oxidation sites excluding steroid dienone is 1. The highest BCUT2D eigenvalue weighted by Crippen LogP contribution is 2.34. The second-order valence-corrected chi connectivity index (χ2v) is 13.3. The maximum atomic E-state index is 12.2. The first-order valence-electron chi connectivity index (χ1n) is 17.4. The molecular formula is C41H53N3O2. The molecule has 0 aliphatic carbocycles. The molecule has 0 spiro atoms. The molecule has 0 saturated carbocycles. The van der Waals surface area contributed by atoms with Crippen molar-refractivity contribution in [3.8, 4) is 11.1 Å². The second kappa shape index (κ2) is 16.6. The number of hydrogen-bond acceptors (Lipinski definition) is 4. The van der Waals surface area contributed by atoms with Gasteiger partial charge in [0.25, 0.3) is 0 Å². The number of fused-ring (bicyclic) bond motifs is 1. The molecule has 5 heteroatoms. The summed E-state index contributed by atoms with van der Waals surface area (Å²) in [6.45, 7) is 15.0. The molecule has 0 radical (unpaired) electrons. The van der Waals surface area contributed by atoms with Gasteiger partial charge < -0.3 is 5.32 Å². The number of carbonyl (C=O) groups is 2. The fourth-order valence-electron chi connectivity index (χ4n) is 6.08. The van der Waals surface area contributed by atoms with Gasteiger partial charge >= 0.3 is 0 Å². The maximum absolute atomic E-state index is 12.2. The molecule has 1 aliphatic rings. The summed E-state index contributed by atoms with van der Waals surface area (Å²) >= 11 is 0. The van der Waals surface area contributed by atoms with Gasteiger partial charge in [-0.05, 0) is 115 Å². The van der Waals surface area contributed by atoms with E-state index in [0.29, 0.717) is 18.3 Å². The lowest BCUT2D eigenvalue weighted by molar-refractivity contribution is -0.127. The molecule has 0 aromatic heterocycles. The summed E-state index contributed by atoms with van der Waals surface area (Å²) in [5.74, 6) is 0.854. The molecule has 3 aromatic rings. The van der Waals surface area contributed by atoms with Crippen molar-refractivity contribution in [2.45, 2.75) is 99.8 Å². The number of nitrogens with one attached hydrogen (secondary N) is 1. The van der Waals surface area contributed by atoms with E-state index in [2.05, 4.69) is 101 Å². The predicted molar refractivity (Wildman–Crippen MR) is 196 cm³/mol. The van der Waals surface area contributed by atoms with E-state index < -0.39 is 0 Å². The van der Waals surface area contributed by atoms with Crippen LogP contribution < -0.4 is 5.32 Å². The Morgan fingerprint density at radius 1 is 0.978 bits per heavy atom. The smallest absolute Gasteiger partial charge is 0.223 e. The van der Waals surface area contributed by atoms with E-state index >= 15 is 0 Å². The third-order valence-corrected chi connectivity index (χ3v) is 9.80. The van der Waals surface area contributed by atoms with E-state index in [-0.39, 0.29) is 24.2 Å². The standard InChI is InChI=1S/C41H53N3O2/c1-8-27(3)41(46)43-25-36(45)13-11-10-12-29(5)39-22-14-28(4)38(26-42-39)33-17-15-32(16-18-33)34-19-21-37-31(7)40(44-30(6)9-2)23-20-35(37)24-34/h15-21,23-24,26-29H,8-14,22,25H2,1-7H3,(H,43,46). The van der Waals surface area contributed by atoms with Crippen LogP contribution in [0.2, 0.25) is 0 Å². The lowest BCUT2D eigenvalue weighted by Crippen LogP contribution is -2.33. The van der Waals surface area contributed by atoms with E-state index in [1.807, 2.05) is 13.8 Å². The molecule has 0 fully saturated rings. The molecule has 46 heavy (non-hydrogen) atoms. The minimum absolute atomic E-state index is 0.0316. The van der Waals surface area contributed by atoms with Gasteiger partial charge in [0.15, 0.2) is 5.78 Å². The molecule has 1 aliphatic heterocycles. The number of carbonyl (C=O) groups excluding carboxylic acids is 2. The van der Waals surface area contributed by atoms with Crippen molar-refractivity contribution in [1.29, 1.82) is 0 Å². The van der Waals surface area contributed by atoms with Crippen LogP contribution in [0.15, 0.2) is 70.8 Å².